The second-order valence-corrected chi connectivity index (χ2v) is 7.40. The maximum atomic E-state index is 5.27. The molecular formula is C15H20Br2O. The number of ether oxygens (including phenoxy) is 1. The highest BCUT2D eigenvalue weighted by atomic mass is 79.9. The van der Waals surface area contributed by atoms with Crippen LogP contribution >= 0.6 is 31.9 Å². The first kappa shape index (κ1) is 14.4. The van der Waals surface area contributed by atoms with E-state index in [-0.39, 0.29) is 0 Å². The van der Waals surface area contributed by atoms with Gasteiger partial charge in [0.1, 0.15) is 5.75 Å². The molecule has 0 aliphatic heterocycles. The zero-order valence-electron chi connectivity index (χ0n) is 11.0. The minimum Gasteiger partial charge on any atom is -0.496 e. The Balaban J connectivity index is 2.06. The van der Waals surface area contributed by atoms with Gasteiger partial charge in [0.05, 0.1) is 11.6 Å². The van der Waals surface area contributed by atoms with E-state index in [4.69, 9.17) is 4.74 Å². The number of methoxy groups -OCH3 is 1. The summed E-state index contributed by atoms with van der Waals surface area (Å²) in [5.41, 5.74) is 1.39. The number of hydrogen-bond acceptors (Lipinski definition) is 1. The quantitative estimate of drug-likeness (QED) is 0.659. The Morgan fingerprint density at radius 3 is 2.78 bits per heavy atom. The number of benzene rings is 1. The molecule has 0 N–H and O–H groups in total. The molecule has 0 saturated heterocycles. The average molecular weight is 376 g/mol. The summed E-state index contributed by atoms with van der Waals surface area (Å²) in [6.07, 6.45) is 5.16. The summed E-state index contributed by atoms with van der Waals surface area (Å²) in [5.74, 6) is 2.53. The van der Waals surface area contributed by atoms with Crippen LogP contribution in [0.15, 0.2) is 22.7 Å². The third-order valence-electron chi connectivity index (χ3n) is 3.87. The predicted molar refractivity (Wildman–Crippen MR) is 83.6 cm³/mol. The van der Waals surface area contributed by atoms with Crippen molar-refractivity contribution in [1.29, 1.82) is 0 Å². The maximum Gasteiger partial charge on any atom is 0.133 e. The highest BCUT2D eigenvalue weighted by Gasteiger charge is 2.26. The number of halogens is 2. The van der Waals surface area contributed by atoms with Crippen molar-refractivity contribution in [2.75, 3.05) is 7.11 Å². The van der Waals surface area contributed by atoms with Crippen LogP contribution in [-0.2, 0) is 6.42 Å². The Labute approximate surface area is 127 Å². The Bertz CT molecular complexity index is 405. The molecule has 2 rings (SSSR count). The van der Waals surface area contributed by atoms with Gasteiger partial charge in [-0.2, -0.15) is 0 Å². The maximum absolute atomic E-state index is 5.27. The molecule has 1 aliphatic carbocycles. The lowest BCUT2D eigenvalue weighted by Gasteiger charge is -2.31. The van der Waals surface area contributed by atoms with Gasteiger partial charge in [0, 0.05) is 4.83 Å². The molecule has 1 aromatic rings. The fraction of sp³-hybridized carbons (Fsp3) is 0.600. The van der Waals surface area contributed by atoms with E-state index in [9.17, 15) is 0 Å². The van der Waals surface area contributed by atoms with E-state index in [1.807, 2.05) is 0 Å². The summed E-state index contributed by atoms with van der Waals surface area (Å²) in [7, 11) is 1.71. The average Bonchev–Trinajstić information content (AvgIpc) is 2.34. The van der Waals surface area contributed by atoms with Gasteiger partial charge in [-0.05, 0) is 71.1 Å². The van der Waals surface area contributed by atoms with Crippen molar-refractivity contribution < 1.29 is 4.74 Å². The monoisotopic (exact) mass is 374 g/mol. The zero-order chi connectivity index (χ0) is 13.1. The van der Waals surface area contributed by atoms with Crippen molar-refractivity contribution in [3.63, 3.8) is 0 Å². The Hall–Kier alpha value is -0.0200. The molecule has 1 aromatic carbocycles. The second-order valence-electron chi connectivity index (χ2n) is 5.37. The summed E-state index contributed by atoms with van der Waals surface area (Å²) in [6.45, 7) is 2.37. The van der Waals surface area contributed by atoms with Crippen molar-refractivity contribution in [1.82, 2.24) is 0 Å². The lowest BCUT2D eigenvalue weighted by atomic mass is 9.79. The molecule has 0 radical (unpaired) electrons. The molecule has 1 saturated carbocycles. The molecule has 3 atom stereocenters. The molecule has 0 heterocycles. The minimum absolute atomic E-state index is 0.676. The summed E-state index contributed by atoms with van der Waals surface area (Å²) in [5, 5.41) is 0. The normalized spacial score (nSPS) is 28.1. The van der Waals surface area contributed by atoms with Crippen LogP contribution in [0.3, 0.4) is 0 Å². The fourth-order valence-electron chi connectivity index (χ4n) is 2.81. The van der Waals surface area contributed by atoms with E-state index in [1.54, 1.807) is 7.11 Å². The third kappa shape index (κ3) is 3.51. The molecular weight excluding hydrogens is 356 g/mol. The second kappa shape index (κ2) is 6.42. The molecule has 100 valence electrons. The molecule has 18 heavy (non-hydrogen) atoms. The van der Waals surface area contributed by atoms with E-state index >= 15 is 0 Å². The summed E-state index contributed by atoms with van der Waals surface area (Å²) in [6, 6.07) is 6.43. The number of alkyl halides is 1. The third-order valence-corrected chi connectivity index (χ3v) is 5.69. The fourth-order valence-corrected chi connectivity index (χ4v) is 4.07. The standard InChI is InChI=1S/C15H20Br2O/c1-10-3-5-13(16)12(7-10)8-11-4-6-15(18-2)14(17)9-11/h4,6,9-10,12-13H,3,5,7-8H2,1-2H3. The molecule has 0 bridgehead atoms. The van der Waals surface area contributed by atoms with E-state index in [0.29, 0.717) is 4.83 Å². The first-order valence-electron chi connectivity index (χ1n) is 6.56. The molecule has 1 fully saturated rings. The van der Waals surface area contributed by atoms with E-state index in [1.165, 1.54) is 24.8 Å². The summed E-state index contributed by atoms with van der Waals surface area (Å²) >= 11 is 7.41. The van der Waals surface area contributed by atoms with Gasteiger partial charge in [0.2, 0.25) is 0 Å². The van der Waals surface area contributed by atoms with Crippen molar-refractivity contribution in [2.45, 2.75) is 37.4 Å². The van der Waals surface area contributed by atoms with Crippen LogP contribution in [0.4, 0.5) is 0 Å². The van der Waals surface area contributed by atoms with Crippen molar-refractivity contribution in [3.8, 4) is 5.75 Å². The van der Waals surface area contributed by atoms with Gasteiger partial charge in [-0.3, -0.25) is 0 Å². The SMILES string of the molecule is COc1ccc(CC2CC(C)CCC2Br)cc1Br. The summed E-state index contributed by atoms with van der Waals surface area (Å²) < 4.78 is 6.33. The van der Waals surface area contributed by atoms with E-state index in [0.717, 1.165) is 28.5 Å². The van der Waals surface area contributed by atoms with Crippen molar-refractivity contribution >= 4 is 31.9 Å². The molecule has 3 unspecified atom stereocenters. The van der Waals surface area contributed by atoms with Crippen LogP contribution in [0.2, 0.25) is 0 Å². The van der Waals surface area contributed by atoms with E-state index in [2.05, 4.69) is 57.0 Å². The van der Waals surface area contributed by atoms with Crippen LogP contribution in [0.1, 0.15) is 31.7 Å². The molecule has 0 spiro atoms. The number of hydrogen-bond donors (Lipinski definition) is 0. The lowest BCUT2D eigenvalue weighted by Crippen LogP contribution is -2.25. The first-order valence-corrected chi connectivity index (χ1v) is 8.27. The van der Waals surface area contributed by atoms with Gasteiger partial charge in [0.25, 0.3) is 0 Å². The van der Waals surface area contributed by atoms with Crippen molar-refractivity contribution in [2.24, 2.45) is 11.8 Å². The smallest absolute Gasteiger partial charge is 0.133 e. The van der Waals surface area contributed by atoms with Crippen LogP contribution in [0, 0.1) is 11.8 Å². The van der Waals surface area contributed by atoms with Gasteiger partial charge in [-0.25, -0.2) is 0 Å². The molecule has 3 heteroatoms. The van der Waals surface area contributed by atoms with Gasteiger partial charge in [-0.15, -0.1) is 0 Å². The van der Waals surface area contributed by atoms with Crippen LogP contribution < -0.4 is 4.74 Å². The Morgan fingerprint density at radius 1 is 1.33 bits per heavy atom. The topological polar surface area (TPSA) is 9.23 Å². The number of rotatable bonds is 3. The minimum atomic E-state index is 0.676. The van der Waals surface area contributed by atoms with Gasteiger partial charge in [0.15, 0.2) is 0 Å². The first-order chi connectivity index (χ1) is 8.60. The molecule has 1 nitrogen and oxygen atoms in total. The van der Waals surface area contributed by atoms with Gasteiger partial charge < -0.3 is 4.74 Å². The largest absolute Gasteiger partial charge is 0.496 e. The van der Waals surface area contributed by atoms with Crippen LogP contribution in [0.5, 0.6) is 5.75 Å². The molecule has 0 aromatic heterocycles. The molecule has 1 aliphatic rings. The summed E-state index contributed by atoms with van der Waals surface area (Å²) in [4.78, 5) is 0.676. The van der Waals surface area contributed by atoms with E-state index < -0.39 is 0 Å². The Morgan fingerprint density at radius 2 is 2.11 bits per heavy atom. The van der Waals surface area contributed by atoms with Crippen LogP contribution in [-0.4, -0.2) is 11.9 Å². The zero-order valence-corrected chi connectivity index (χ0v) is 14.1. The highest BCUT2D eigenvalue weighted by molar-refractivity contribution is 9.10. The van der Waals surface area contributed by atoms with Crippen molar-refractivity contribution in [3.05, 3.63) is 28.2 Å². The van der Waals surface area contributed by atoms with Gasteiger partial charge in [-0.1, -0.05) is 28.9 Å². The molecule has 0 amide bonds. The van der Waals surface area contributed by atoms with Crippen LogP contribution in [0.25, 0.3) is 0 Å². The highest BCUT2D eigenvalue weighted by Crippen LogP contribution is 2.36. The van der Waals surface area contributed by atoms with Gasteiger partial charge >= 0.3 is 0 Å². The lowest BCUT2D eigenvalue weighted by molar-refractivity contribution is 0.294. The predicted octanol–water partition coefficient (Wildman–Crippen LogP) is 5.20. The Kier molecular flexibility index (Phi) is 5.14.